The molecular formula is C23H21N5OS. The number of hydrogen-bond acceptors (Lipinski definition) is 6. The molecule has 150 valence electrons. The fourth-order valence-corrected chi connectivity index (χ4v) is 3.61. The maximum atomic E-state index is 12.4. The molecule has 1 aromatic heterocycles. The molecule has 3 aromatic rings. The molecule has 0 saturated carbocycles. The number of aryl methyl sites for hydroxylation is 2. The molecule has 0 unspecified atom stereocenters. The lowest BCUT2D eigenvalue weighted by Crippen LogP contribution is -2.19. The summed E-state index contributed by atoms with van der Waals surface area (Å²) in [5.74, 6) is 0.445. The Kier molecular flexibility index (Phi) is 6.94. The van der Waals surface area contributed by atoms with Gasteiger partial charge in [-0.2, -0.15) is 10.4 Å². The van der Waals surface area contributed by atoms with Gasteiger partial charge in [0.15, 0.2) is 5.16 Å². The van der Waals surface area contributed by atoms with E-state index in [2.05, 4.69) is 26.6 Å². The first-order chi connectivity index (χ1) is 14.4. The normalized spacial score (nSPS) is 11.1. The van der Waals surface area contributed by atoms with Crippen molar-refractivity contribution in [2.24, 2.45) is 5.10 Å². The average Bonchev–Trinajstić information content (AvgIpc) is 2.75. The Bertz CT molecular complexity index is 1100. The van der Waals surface area contributed by atoms with Crippen LogP contribution in [0.15, 0.2) is 64.9 Å². The van der Waals surface area contributed by atoms with E-state index in [-0.39, 0.29) is 5.91 Å². The van der Waals surface area contributed by atoms with Crippen molar-refractivity contribution in [3.8, 4) is 6.07 Å². The molecule has 0 aliphatic heterocycles. The Morgan fingerprint density at radius 2 is 1.63 bits per heavy atom. The standard InChI is InChI=1S/C23H21N5OS/c1-15-12-16(2)26-23(25-15)30-14-19-6-10-21(11-7-19)22(29)28-27-17(3)20-8-4-18(13-24)5-9-20/h4-12H,14H2,1-3H3,(H,28,29). The number of nitriles is 1. The molecule has 0 aliphatic rings. The fourth-order valence-electron chi connectivity index (χ4n) is 2.71. The third kappa shape index (κ3) is 5.75. The molecule has 0 bridgehead atoms. The maximum absolute atomic E-state index is 12.4. The lowest BCUT2D eigenvalue weighted by Gasteiger charge is -2.05. The molecule has 1 N–H and O–H groups in total. The highest BCUT2D eigenvalue weighted by molar-refractivity contribution is 7.98. The second-order valence-electron chi connectivity index (χ2n) is 6.75. The zero-order chi connectivity index (χ0) is 21.5. The predicted molar refractivity (Wildman–Crippen MR) is 118 cm³/mol. The molecule has 0 spiro atoms. The van der Waals surface area contributed by atoms with Gasteiger partial charge in [0.25, 0.3) is 5.91 Å². The minimum atomic E-state index is -0.278. The van der Waals surface area contributed by atoms with Crippen LogP contribution in [-0.4, -0.2) is 21.6 Å². The van der Waals surface area contributed by atoms with Gasteiger partial charge in [-0.1, -0.05) is 36.0 Å². The SMILES string of the molecule is CC(=NNC(=O)c1ccc(CSc2nc(C)cc(C)n2)cc1)c1ccc(C#N)cc1. The topological polar surface area (TPSA) is 91.0 Å². The maximum Gasteiger partial charge on any atom is 0.271 e. The van der Waals surface area contributed by atoms with E-state index in [0.29, 0.717) is 16.8 Å². The van der Waals surface area contributed by atoms with Crippen molar-refractivity contribution in [1.82, 2.24) is 15.4 Å². The van der Waals surface area contributed by atoms with Crippen molar-refractivity contribution in [1.29, 1.82) is 5.26 Å². The number of aromatic nitrogens is 2. The largest absolute Gasteiger partial charge is 0.271 e. The van der Waals surface area contributed by atoms with Crippen LogP contribution in [-0.2, 0) is 5.75 Å². The van der Waals surface area contributed by atoms with Gasteiger partial charge >= 0.3 is 0 Å². The van der Waals surface area contributed by atoms with Crippen molar-refractivity contribution in [3.63, 3.8) is 0 Å². The lowest BCUT2D eigenvalue weighted by molar-refractivity contribution is 0.0955. The number of carbonyl (C=O) groups excluding carboxylic acids is 1. The van der Waals surface area contributed by atoms with Crippen LogP contribution in [0.4, 0.5) is 0 Å². The van der Waals surface area contributed by atoms with Gasteiger partial charge < -0.3 is 0 Å². The highest BCUT2D eigenvalue weighted by Gasteiger charge is 2.07. The molecule has 3 rings (SSSR count). The molecule has 7 heteroatoms. The van der Waals surface area contributed by atoms with E-state index in [1.807, 2.05) is 32.0 Å². The third-order valence-corrected chi connectivity index (χ3v) is 5.22. The molecule has 0 fully saturated rings. The quantitative estimate of drug-likeness (QED) is 0.279. The molecule has 0 atom stereocenters. The van der Waals surface area contributed by atoms with Crippen LogP contribution in [0, 0.1) is 25.2 Å². The monoisotopic (exact) mass is 415 g/mol. The molecule has 1 amide bonds. The fraction of sp³-hybridized carbons (Fsp3) is 0.174. The summed E-state index contributed by atoms with van der Waals surface area (Å²) in [6.45, 7) is 5.71. The van der Waals surface area contributed by atoms with Crippen LogP contribution >= 0.6 is 11.8 Å². The summed E-state index contributed by atoms with van der Waals surface area (Å²) in [5.41, 5.74) is 8.18. The van der Waals surface area contributed by atoms with Gasteiger partial charge in [-0.05, 0) is 62.2 Å². The van der Waals surface area contributed by atoms with E-state index in [1.54, 1.807) is 55.1 Å². The average molecular weight is 416 g/mol. The summed E-state index contributed by atoms with van der Waals surface area (Å²) in [6.07, 6.45) is 0. The van der Waals surface area contributed by atoms with Crippen molar-refractivity contribution in [2.45, 2.75) is 31.7 Å². The van der Waals surface area contributed by atoms with Gasteiger partial charge in [0.2, 0.25) is 0 Å². The summed E-state index contributed by atoms with van der Waals surface area (Å²) >= 11 is 1.57. The summed E-state index contributed by atoms with van der Waals surface area (Å²) in [7, 11) is 0. The number of rotatable bonds is 6. The van der Waals surface area contributed by atoms with Crippen LogP contribution < -0.4 is 5.43 Å². The number of hydrazone groups is 1. The van der Waals surface area contributed by atoms with E-state index in [0.717, 1.165) is 33.4 Å². The molecule has 0 radical (unpaired) electrons. The molecule has 6 nitrogen and oxygen atoms in total. The highest BCUT2D eigenvalue weighted by atomic mass is 32.2. The van der Waals surface area contributed by atoms with E-state index < -0.39 is 0 Å². The number of benzene rings is 2. The van der Waals surface area contributed by atoms with Gasteiger partial charge in [-0.3, -0.25) is 4.79 Å². The summed E-state index contributed by atoms with van der Waals surface area (Å²) in [6, 6.07) is 18.5. The second-order valence-corrected chi connectivity index (χ2v) is 7.69. The van der Waals surface area contributed by atoms with E-state index in [4.69, 9.17) is 5.26 Å². The van der Waals surface area contributed by atoms with Crippen molar-refractivity contribution < 1.29 is 4.79 Å². The summed E-state index contributed by atoms with van der Waals surface area (Å²) < 4.78 is 0. The Morgan fingerprint density at radius 3 is 2.23 bits per heavy atom. The van der Waals surface area contributed by atoms with E-state index >= 15 is 0 Å². The smallest absolute Gasteiger partial charge is 0.267 e. The van der Waals surface area contributed by atoms with Crippen LogP contribution in [0.2, 0.25) is 0 Å². The second kappa shape index (κ2) is 9.81. The van der Waals surface area contributed by atoms with Crippen molar-refractivity contribution in [3.05, 3.63) is 88.2 Å². The van der Waals surface area contributed by atoms with E-state index in [9.17, 15) is 4.79 Å². The Labute approximate surface area is 180 Å². The molecule has 2 aromatic carbocycles. The zero-order valence-corrected chi connectivity index (χ0v) is 17.8. The summed E-state index contributed by atoms with van der Waals surface area (Å²) in [5, 5.41) is 13.8. The van der Waals surface area contributed by atoms with Gasteiger partial charge in [0, 0.05) is 22.7 Å². The number of carbonyl (C=O) groups is 1. The first kappa shape index (κ1) is 21.2. The summed E-state index contributed by atoms with van der Waals surface area (Å²) in [4.78, 5) is 21.2. The predicted octanol–water partition coefficient (Wildman–Crippen LogP) is 4.41. The molecule has 0 aliphatic carbocycles. The number of nitrogens with one attached hydrogen (secondary N) is 1. The Hall–Kier alpha value is -3.50. The molecule has 1 heterocycles. The Morgan fingerprint density at radius 1 is 1.03 bits per heavy atom. The highest BCUT2D eigenvalue weighted by Crippen LogP contribution is 2.20. The van der Waals surface area contributed by atoms with Crippen LogP contribution in [0.5, 0.6) is 0 Å². The first-order valence-electron chi connectivity index (χ1n) is 9.34. The minimum absolute atomic E-state index is 0.278. The number of amides is 1. The van der Waals surface area contributed by atoms with Gasteiger partial charge in [-0.15, -0.1) is 0 Å². The number of hydrogen-bond donors (Lipinski definition) is 1. The Balaban J connectivity index is 1.58. The van der Waals surface area contributed by atoms with Gasteiger partial charge in [-0.25, -0.2) is 15.4 Å². The zero-order valence-electron chi connectivity index (χ0n) is 17.0. The van der Waals surface area contributed by atoms with Crippen molar-refractivity contribution >= 4 is 23.4 Å². The van der Waals surface area contributed by atoms with Crippen LogP contribution in [0.25, 0.3) is 0 Å². The van der Waals surface area contributed by atoms with Crippen LogP contribution in [0.3, 0.4) is 0 Å². The van der Waals surface area contributed by atoms with E-state index in [1.165, 1.54) is 0 Å². The molecular weight excluding hydrogens is 394 g/mol. The molecule has 0 saturated heterocycles. The number of nitrogens with zero attached hydrogens (tertiary/aromatic N) is 4. The molecule has 30 heavy (non-hydrogen) atoms. The van der Waals surface area contributed by atoms with Gasteiger partial charge in [0.1, 0.15) is 0 Å². The van der Waals surface area contributed by atoms with Crippen molar-refractivity contribution in [2.75, 3.05) is 0 Å². The minimum Gasteiger partial charge on any atom is -0.267 e. The lowest BCUT2D eigenvalue weighted by atomic mass is 10.1. The third-order valence-electron chi connectivity index (χ3n) is 4.30. The van der Waals surface area contributed by atoms with Crippen LogP contribution in [0.1, 0.15) is 45.4 Å². The number of thioether (sulfide) groups is 1. The van der Waals surface area contributed by atoms with Gasteiger partial charge in [0.05, 0.1) is 17.3 Å². The first-order valence-corrected chi connectivity index (χ1v) is 10.3.